The first-order valence-electron chi connectivity index (χ1n) is 6.68. The van der Waals surface area contributed by atoms with Crippen LogP contribution >= 0.6 is 0 Å². The van der Waals surface area contributed by atoms with Crippen molar-refractivity contribution in [3.63, 3.8) is 0 Å². The van der Waals surface area contributed by atoms with Crippen molar-refractivity contribution in [2.45, 2.75) is 38.5 Å². The molecule has 1 aliphatic rings. The van der Waals surface area contributed by atoms with E-state index in [0.717, 1.165) is 31.6 Å². The van der Waals surface area contributed by atoms with Gasteiger partial charge < -0.3 is 14.8 Å². The highest BCUT2D eigenvalue weighted by atomic mass is 16.5. The molecular weight excluding hydrogens is 240 g/mol. The van der Waals surface area contributed by atoms with Crippen molar-refractivity contribution in [2.75, 3.05) is 13.7 Å². The van der Waals surface area contributed by atoms with Crippen LogP contribution in [0.4, 0.5) is 0 Å². The lowest BCUT2D eigenvalue weighted by Crippen LogP contribution is -2.45. The summed E-state index contributed by atoms with van der Waals surface area (Å²) in [5.74, 6) is 0.641. The first-order valence-corrected chi connectivity index (χ1v) is 6.68. The molecule has 2 rings (SSSR count). The Balaban J connectivity index is 1.83. The molecule has 1 aliphatic carbocycles. The molecule has 0 aromatic heterocycles. The van der Waals surface area contributed by atoms with E-state index >= 15 is 0 Å². The molecule has 1 N–H and O–H groups in total. The SMILES string of the molecule is CCOC1CC(NCc2ccc(C#N)c(OC)c2)C1. The Bertz CT molecular complexity index is 462. The zero-order valence-electron chi connectivity index (χ0n) is 11.5. The first kappa shape index (κ1) is 13.9. The summed E-state index contributed by atoms with van der Waals surface area (Å²) in [7, 11) is 1.59. The Hall–Kier alpha value is -1.57. The van der Waals surface area contributed by atoms with E-state index in [4.69, 9.17) is 14.7 Å². The number of nitrogens with zero attached hydrogens (tertiary/aromatic N) is 1. The van der Waals surface area contributed by atoms with Crippen molar-refractivity contribution in [3.05, 3.63) is 29.3 Å². The largest absolute Gasteiger partial charge is 0.495 e. The summed E-state index contributed by atoms with van der Waals surface area (Å²) < 4.78 is 10.7. The molecule has 0 heterocycles. The van der Waals surface area contributed by atoms with Gasteiger partial charge in [-0.2, -0.15) is 5.26 Å². The number of ether oxygens (including phenoxy) is 2. The molecule has 0 aliphatic heterocycles. The summed E-state index contributed by atoms with van der Waals surface area (Å²) in [5.41, 5.74) is 1.71. The molecule has 19 heavy (non-hydrogen) atoms. The van der Waals surface area contributed by atoms with Crippen LogP contribution in [0.15, 0.2) is 18.2 Å². The van der Waals surface area contributed by atoms with Gasteiger partial charge in [-0.15, -0.1) is 0 Å². The summed E-state index contributed by atoms with van der Waals surface area (Å²) in [5, 5.41) is 12.4. The van der Waals surface area contributed by atoms with Crippen LogP contribution in [0.3, 0.4) is 0 Å². The van der Waals surface area contributed by atoms with Gasteiger partial charge in [0.2, 0.25) is 0 Å². The maximum absolute atomic E-state index is 8.93. The molecule has 0 atom stereocenters. The Morgan fingerprint density at radius 1 is 1.42 bits per heavy atom. The van der Waals surface area contributed by atoms with Gasteiger partial charge in [-0.1, -0.05) is 6.07 Å². The van der Waals surface area contributed by atoms with Crippen molar-refractivity contribution < 1.29 is 9.47 Å². The van der Waals surface area contributed by atoms with E-state index in [-0.39, 0.29) is 0 Å². The van der Waals surface area contributed by atoms with Gasteiger partial charge in [0.05, 0.1) is 18.8 Å². The van der Waals surface area contributed by atoms with Crippen LogP contribution in [0.1, 0.15) is 30.9 Å². The molecule has 4 nitrogen and oxygen atoms in total. The van der Waals surface area contributed by atoms with Crippen molar-refractivity contribution in [1.29, 1.82) is 5.26 Å². The zero-order chi connectivity index (χ0) is 13.7. The molecule has 1 aromatic rings. The summed E-state index contributed by atoms with van der Waals surface area (Å²) in [6.07, 6.45) is 2.60. The average Bonchev–Trinajstić information content (AvgIpc) is 2.40. The van der Waals surface area contributed by atoms with Crippen LogP contribution in [-0.2, 0) is 11.3 Å². The number of benzene rings is 1. The molecule has 1 fully saturated rings. The third-order valence-corrected chi connectivity index (χ3v) is 3.48. The number of nitriles is 1. The second-order valence-electron chi connectivity index (χ2n) is 4.77. The van der Waals surface area contributed by atoms with Crippen LogP contribution in [0.2, 0.25) is 0 Å². The minimum absolute atomic E-state index is 0.429. The van der Waals surface area contributed by atoms with Crippen LogP contribution in [0.5, 0.6) is 5.75 Å². The molecule has 0 unspecified atom stereocenters. The van der Waals surface area contributed by atoms with Gasteiger partial charge in [-0.3, -0.25) is 0 Å². The smallest absolute Gasteiger partial charge is 0.136 e. The van der Waals surface area contributed by atoms with Crippen LogP contribution in [-0.4, -0.2) is 25.9 Å². The number of nitrogens with one attached hydrogen (secondary N) is 1. The monoisotopic (exact) mass is 260 g/mol. The first-order chi connectivity index (χ1) is 9.26. The van der Waals surface area contributed by atoms with E-state index in [1.807, 2.05) is 19.1 Å². The molecule has 1 aromatic carbocycles. The van der Waals surface area contributed by atoms with Crippen molar-refractivity contribution in [3.8, 4) is 11.8 Å². The Kier molecular flexibility index (Phi) is 4.78. The maximum atomic E-state index is 8.93. The average molecular weight is 260 g/mol. The molecule has 0 amide bonds. The van der Waals surface area contributed by atoms with E-state index in [1.165, 1.54) is 0 Å². The van der Waals surface area contributed by atoms with Gasteiger partial charge in [0.15, 0.2) is 0 Å². The molecule has 0 bridgehead atoms. The lowest BCUT2D eigenvalue weighted by atomic mass is 9.89. The Morgan fingerprint density at radius 2 is 2.21 bits per heavy atom. The van der Waals surface area contributed by atoms with Crippen molar-refractivity contribution >= 4 is 0 Å². The molecule has 0 spiro atoms. The zero-order valence-corrected chi connectivity index (χ0v) is 11.5. The maximum Gasteiger partial charge on any atom is 0.136 e. The molecule has 102 valence electrons. The fourth-order valence-electron chi connectivity index (χ4n) is 2.30. The molecule has 0 saturated heterocycles. The molecular formula is C15H20N2O2. The van der Waals surface area contributed by atoms with Crippen molar-refractivity contribution in [2.24, 2.45) is 0 Å². The Labute approximate surface area is 114 Å². The molecule has 4 heteroatoms. The van der Waals surface area contributed by atoms with Gasteiger partial charge in [0.25, 0.3) is 0 Å². The second kappa shape index (κ2) is 6.55. The minimum Gasteiger partial charge on any atom is -0.495 e. The van der Waals surface area contributed by atoms with E-state index in [2.05, 4.69) is 11.4 Å². The predicted molar refractivity (Wildman–Crippen MR) is 73.0 cm³/mol. The Morgan fingerprint density at radius 3 is 2.84 bits per heavy atom. The standard InChI is InChI=1S/C15H20N2O2/c1-3-19-14-7-13(8-14)17-10-11-4-5-12(9-16)15(6-11)18-2/h4-6,13-14,17H,3,7-8,10H2,1-2H3. The minimum atomic E-state index is 0.429. The normalized spacial score (nSPS) is 21.5. The fraction of sp³-hybridized carbons (Fsp3) is 0.533. The van der Waals surface area contributed by atoms with E-state index < -0.39 is 0 Å². The summed E-state index contributed by atoms with van der Waals surface area (Å²) >= 11 is 0. The van der Waals surface area contributed by atoms with Gasteiger partial charge >= 0.3 is 0 Å². The number of hydrogen-bond donors (Lipinski definition) is 1. The topological polar surface area (TPSA) is 54.3 Å². The summed E-state index contributed by atoms with van der Waals surface area (Å²) in [6.45, 7) is 3.62. The van der Waals surface area contributed by atoms with Gasteiger partial charge in [0.1, 0.15) is 11.8 Å². The van der Waals surface area contributed by atoms with Crippen molar-refractivity contribution in [1.82, 2.24) is 5.32 Å². The molecule has 1 saturated carbocycles. The lowest BCUT2D eigenvalue weighted by molar-refractivity contribution is -0.0102. The quantitative estimate of drug-likeness (QED) is 0.852. The van der Waals surface area contributed by atoms with Crippen LogP contribution in [0, 0.1) is 11.3 Å². The number of methoxy groups -OCH3 is 1. The lowest BCUT2D eigenvalue weighted by Gasteiger charge is -2.35. The van der Waals surface area contributed by atoms with E-state index in [1.54, 1.807) is 13.2 Å². The number of rotatable bonds is 6. The molecule has 0 radical (unpaired) electrons. The number of hydrogen-bond acceptors (Lipinski definition) is 4. The highest BCUT2D eigenvalue weighted by Gasteiger charge is 2.28. The second-order valence-corrected chi connectivity index (χ2v) is 4.77. The third kappa shape index (κ3) is 3.46. The predicted octanol–water partition coefficient (Wildman–Crippen LogP) is 2.22. The fourth-order valence-corrected chi connectivity index (χ4v) is 2.30. The van der Waals surface area contributed by atoms with E-state index in [0.29, 0.717) is 23.5 Å². The van der Waals surface area contributed by atoms with Gasteiger partial charge in [-0.05, 0) is 37.5 Å². The third-order valence-electron chi connectivity index (χ3n) is 3.48. The van der Waals surface area contributed by atoms with Gasteiger partial charge in [0, 0.05) is 19.2 Å². The van der Waals surface area contributed by atoms with Gasteiger partial charge in [-0.25, -0.2) is 0 Å². The highest BCUT2D eigenvalue weighted by molar-refractivity contribution is 5.45. The highest BCUT2D eigenvalue weighted by Crippen LogP contribution is 2.24. The van der Waals surface area contributed by atoms with Crippen LogP contribution in [0.25, 0.3) is 0 Å². The summed E-state index contributed by atoms with van der Waals surface area (Å²) in [6, 6.07) is 8.35. The van der Waals surface area contributed by atoms with Crippen LogP contribution < -0.4 is 10.1 Å². The van der Waals surface area contributed by atoms with E-state index in [9.17, 15) is 0 Å². The summed E-state index contributed by atoms with van der Waals surface area (Å²) in [4.78, 5) is 0.